The van der Waals surface area contributed by atoms with Crippen LogP contribution in [0.25, 0.3) is 0 Å². The van der Waals surface area contributed by atoms with Gasteiger partial charge in [-0.2, -0.15) is 0 Å². The predicted molar refractivity (Wildman–Crippen MR) is 87.0 cm³/mol. The molecule has 1 heterocycles. The Hall–Kier alpha value is -1.79. The third-order valence-electron chi connectivity index (χ3n) is 2.70. The SMILES string of the molecule is Cc1cc(NC(=O)c2ccc(C(N)=S)cn2)ccc1Br. The molecule has 20 heavy (non-hydrogen) atoms. The summed E-state index contributed by atoms with van der Waals surface area (Å²) < 4.78 is 0.995. The molecule has 0 radical (unpaired) electrons. The van der Waals surface area contributed by atoms with Crippen molar-refractivity contribution in [3.05, 3.63) is 57.8 Å². The first-order valence-electron chi connectivity index (χ1n) is 5.81. The van der Waals surface area contributed by atoms with E-state index in [4.69, 9.17) is 18.0 Å². The zero-order valence-corrected chi connectivity index (χ0v) is 13.1. The van der Waals surface area contributed by atoms with Gasteiger partial charge < -0.3 is 11.1 Å². The van der Waals surface area contributed by atoms with E-state index in [0.717, 1.165) is 15.7 Å². The van der Waals surface area contributed by atoms with Crippen LogP contribution in [0.4, 0.5) is 5.69 Å². The molecule has 0 aliphatic rings. The summed E-state index contributed by atoms with van der Waals surface area (Å²) in [4.78, 5) is 16.3. The lowest BCUT2D eigenvalue weighted by Gasteiger charge is -2.07. The number of halogens is 1. The maximum atomic E-state index is 12.0. The fraction of sp³-hybridized carbons (Fsp3) is 0.0714. The first-order valence-corrected chi connectivity index (χ1v) is 7.01. The lowest BCUT2D eigenvalue weighted by Crippen LogP contribution is -2.15. The van der Waals surface area contributed by atoms with Gasteiger partial charge in [0.25, 0.3) is 5.91 Å². The molecule has 2 aromatic rings. The average Bonchev–Trinajstić information content (AvgIpc) is 2.43. The van der Waals surface area contributed by atoms with E-state index in [1.807, 2.05) is 25.1 Å². The molecule has 0 spiro atoms. The molecule has 0 atom stereocenters. The molecule has 0 fully saturated rings. The number of carbonyl (C=O) groups is 1. The molecule has 0 unspecified atom stereocenters. The number of nitrogens with two attached hydrogens (primary N) is 1. The average molecular weight is 350 g/mol. The molecule has 102 valence electrons. The number of aromatic nitrogens is 1. The maximum Gasteiger partial charge on any atom is 0.274 e. The molecular weight excluding hydrogens is 338 g/mol. The van der Waals surface area contributed by atoms with Gasteiger partial charge in [-0.25, -0.2) is 0 Å². The summed E-state index contributed by atoms with van der Waals surface area (Å²) in [5.41, 5.74) is 8.19. The molecule has 1 amide bonds. The Kier molecular flexibility index (Phi) is 4.46. The minimum Gasteiger partial charge on any atom is -0.389 e. The summed E-state index contributed by atoms with van der Waals surface area (Å²) in [6, 6.07) is 8.85. The quantitative estimate of drug-likeness (QED) is 0.835. The Morgan fingerprint density at radius 1 is 1.35 bits per heavy atom. The van der Waals surface area contributed by atoms with Crippen LogP contribution in [0.2, 0.25) is 0 Å². The predicted octanol–water partition coefficient (Wildman–Crippen LogP) is 3.04. The molecule has 0 aliphatic carbocycles. The van der Waals surface area contributed by atoms with E-state index >= 15 is 0 Å². The van der Waals surface area contributed by atoms with Gasteiger partial charge in [0.2, 0.25) is 0 Å². The van der Waals surface area contributed by atoms with Crippen molar-refractivity contribution in [1.29, 1.82) is 0 Å². The third-order valence-corrected chi connectivity index (χ3v) is 3.82. The fourth-order valence-corrected chi connectivity index (χ4v) is 1.96. The highest BCUT2D eigenvalue weighted by molar-refractivity contribution is 9.10. The number of hydrogen-bond donors (Lipinski definition) is 2. The molecule has 2 rings (SSSR count). The van der Waals surface area contributed by atoms with Gasteiger partial charge >= 0.3 is 0 Å². The normalized spacial score (nSPS) is 10.1. The van der Waals surface area contributed by atoms with Crippen LogP contribution in [0.5, 0.6) is 0 Å². The molecular formula is C14H12BrN3OS. The smallest absolute Gasteiger partial charge is 0.274 e. The Bertz CT molecular complexity index is 671. The van der Waals surface area contributed by atoms with Crippen LogP contribution in [-0.2, 0) is 0 Å². The van der Waals surface area contributed by atoms with Gasteiger partial charge in [-0.05, 0) is 42.8 Å². The van der Waals surface area contributed by atoms with E-state index in [9.17, 15) is 4.79 Å². The number of aryl methyl sites for hydroxylation is 1. The van der Waals surface area contributed by atoms with Crippen LogP contribution in [0.1, 0.15) is 21.6 Å². The summed E-state index contributed by atoms with van der Waals surface area (Å²) in [7, 11) is 0. The highest BCUT2D eigenvalue weighted by Gasteiger charge is 2.08. The topological polar surface area (TPSA) is 68.0 Å². The van der Waals surface area contributed by atoms with Crippen LogP contribution < -0.4 is 11.1 Å². The van der Waals surface area contributed by atoms with Crippen molar-refractivity contribution in [3.8, 4) is 0 Å². The van der Waals surface area contributed by atoms with Crippen LogP contribution in [-0.4, -0.2) is 15.9 Å². The summed E-state index contributed by atoms with van der Waals surface area (Å²) >= 11 is 8.25. The second-order valence-electron chi connectivity index (χ2n) is 4.21. The molecule has 1 aromatic carbocycles. The molecule has 4 nitrogen and oxygen atoms in total. The maximum absolute atomic E-state index is 12.0. The number of anilines is 1. The summed E-state index contributed by atoms with van der Waals surface area (Å²) in [5, 5.41) is 2.79. The highest BCUT2D eigenvalue weighted by atomic mass is 79.9. The van der Waals surface area contributed by atoms with Crippen LogP contribution in [0, 0.1) is 6.92 Å². The number of hydrogen-bond acceptors (Lipinski definition) is 3. The molecule has 3 N–H and O–H groups in total. The Morgan fingerprint density at radius 3 is 2.65 bits per heavy atom. The van der Waals surface area contributed by atoms with Crippen molar-refractivity contribution in [2.24, 2.45) is 5.73 Å². The number of benzene rings is 1. The van der Waals surface area contributed by atoms with E-state index < -0.39 is 0 Å². The fourth-order valence-electron chi connectivity index (χ4n) is 1.59. The van der Waals surface area contributed by atoms with E-state index in [1.165, 1.54) is 6.20 Å². The number of rotatable bonds is 3. The largest absolute Gasteiger partial charge is 0.389 e. The van der Waals surface area contributed by atoms with E-state index in [-0.39, 0.29) is 10.9 Å². The minimum absolute atomic E-state index is 0.257. The van der Waals surface area contributed by atoms with Crippen molar-refractivity contribution in [2.75, 3.05) is 5.32 Å². The number of nitrogens with one attached hydrogen (secondary N) is 1. The van der Waals surface area contributed by atoms with Gasteiger partial charge in [-0.15, -0.1) is 0 Å². The van der Waals surface area contributed by atoms with E-state index in [0.29, 0.717) is 11.3 Å². The monoisotopic (exact) mass is 349 g/mol. The Balaban J connectivity index is 2.15. The van der Waals surface area contributed by atoms with Gasteiger partial charge in [0, 0.05) is 21.9 Å². The van der Waals surface area contributed by atoms with Crippen molar-refractivity contribution >= 4 is 44.7 Å². The summed E-state index contributed by atoms with van der Waals surface area (Å²) in [6.45, 7) is 1.95. The second kappa shape index (κ2) is 6.11. The lowest BCUT2D eigenvalue weighted by atomic mass is 10.2. The van der Waals surface area contributed by atoms with Crippen LogP contribution in [0.15, 0.2) is 41.0 Å². The molecule has 0 saturated heterocycles. The van der Waals surface area contributed by atoms with E-state index in [1.54, 1.807) is 12.1 Å². The number of nitrogens with zero attached hydrogens (tertiary/aromatic N) is 1. The molecule has 0 aliphatic heterocycles. The number of pyridine rings is 1. The van der Waals surface area contributed by atoms with Gasteiger partial charge in [0.15, 0.2) is 0 Å². The zero-order valence-electron chi connectivity index (χ0n) is 10.7. The van der Waals surface area contributed by atoms with E-state index in [2.05, 4.69) is 26.2 Å². The van der Waals surface area contributed by atoms with Crippen molar-refractivity contribution in [3.63, 3.8) is 0 Å². The van der Waals surface area contributed by atoms with Gasteiger partial charge in [0.05, 0.1) is 0 Å². The van der Waals surface area contributed by atoms with Crippen molar-refractivity contribution < 1.29 is 4.79 Å². The summed E-state index contributed by atoms with van der Waals surface area (Å²) in [6.07, 6.45) is 1.49. The van der Waals surface area contributed by atoms with Crippen LogP contribution in [0.3, 0.4) is 0 Å². The second-order valence-corrected chi connectivity index (χ2v) is 5.51. The Morgan fingerprint density at radius 2 is 2.10 bits per heavy atom. The lowest BCUT2D eigenvalue weighted by molar-refractivity contribution is 0.102. The van der Waals surface area contributed by atoms with Crippen molar-refractivity contribution in [1.82, 2.24) is 4.98 Å². The standard InChI is InChI=1S/C14H12BrN3OS/c1-8-6-10(3-4-11(8)15)18-14(19)12-5-2-9(7-17-12)13(16)20/h2-7H,1H3,(H2,16,20)(H,18,19). The molecule has 0 bridgehead atoms. The number of thiocarbonyl (C=S) groups is 1. The number of amides is 1. The summed E-state index contributed by atoms with van der Waals surface area (Å²) in [5.74, 6) is -0.277. The molecule has 0 saturated carbocycles. The van der Waals surface area contributed by atoms with Gasteiger partial charge in [-0.3, -0.25) is 9.78 Å². The highest BCUT2D eigenvalue weighted by Crippen LogP contribution is 2.20. The first kappa shape index (κ1) is 14.6. The van der Waals surface area contributed by atoms with Gasteiger partial charge in [0.1, 0.15) is 10.7 Å². The Labute approximate surface area is 130 Å². The molecule has 6 heteroatoms. The first-order chi connectivity index (χ1) is 9.47. The van der Waals surface area contributed by atoms with Gasteiger partial charge in [-0.1, -0.05) is 28.1 Å². The third kappa shape index (κ3) is 3.40. The molecule has 1 aromatic heterocycles. The minimum atomic E-state index is -0.277. The van der Waals surface area contributed by atoms with Crippen LogP contribution >= 0.6 is 28.1 Å². The van der Waals surface area contributed by atoms with Crippen molar-refractivity contribution in [2.45, 2.75) is 6.92 Å². The number of carbonyl (C=O) groups excluding carboxylic acids is 1. The zero-order chi connectivity index (χ0) is 14.7.